The number of pyridine rings is 1. The van der Waals surface area contributed by atoms with Crippen molar-refractivity contribution < 1.29 is 19.1 Å². The number of amides is 1. The summed E-state index contributed by atoms with van der Waals surface area (Å²) >= 11 is 0. The molecule has 4 heterocycles. The summed E-state index contributed by atoms with van der Waals surface area (Å²) in [6, 6.07) is 10.6. The number of hydrogen-bond acceptors (Lipinski definition) is 4. The normalized spacial score (nSPS) is 18.6. The highest BCUT2D eigenvalue weighted by Crippen LogP contribution is 2.31. The number of hydrogen-bond donors (Lipinski definition) is 1. The van der Waals surface area contributed by atoms with E-state index in [9.17, 15) is 19.1 Å². The smallest absolute Gasteiger partial charge is 0.307 e. The molecule has 1 fully saturated rings. The number of carbonyl (C=O) groups is 2. The van der Waals surface area contributed by atoms with Gasteiger partial charge in [-0.15, -0.1) is 0 Å². The SMILES string of the molecule is O=C(O)C1CCN(CCC(=O)N2CCc3c(n(Cc4cccc(F)c4)c4ncccc34)C2)C1. The number of aromatic nitrogens is 2. The highest BCUT2D eigenvalue weighted by molar-refractivity contribution is 5.84. The Balaban J connectivity index is 1.33. The minimum absolute atomic E-state index is 0.0787. The van der Waals surface area contributed by atoms with Gasteiger partial charge in [-0.2, -0.15) is 0 Å². The molecule has 0 spiro atoms. The molecule has 3 aromatic rings. The maximum atomic E-state index is 13.8. The third-order valence-electron chi connectivity index (χ3n) is 6.86. The van der Waals surface area contributed by atoms with Gasteiger partial charge in [0.25, 0.3) is 0 Å². The number of fused-ring (bicyclic) bond motifs is 3. The molecule has 33 heavy (non-hydrogen) atoms. The second-order valence-corrected chi connectivity index (χ2v) is 8.96. The van der Waals surface area contributed by atoms with Crippen LogP contribution in [-0.2, 0) is 29.1 Å². The van der Waals surface area contributed by atoms with Crippen LogP contribution in [0.5, 0.6) is 0 Å². The predicted molar refractivity (Wildman–Crippen MR) is 121 cm³/mol. The average Bonchev–Trinajstić information content (AvgIpc) is 3.41. The van der Waals surface area contributed by atoms with Crippen LogP contribution in [0.1, 0.15) is 29.7 Å². The van der Waals surface area contributed by atoms with Crippen LogP contribution in [0.25, 0.3) is 11.0 Å². The van der Waals surface area contributed by atoms with Gasteiger partial charge in [0.2, 0.25) is 5.91 Å². The van der Waals surface area contributed by atoms with Gasteiger partial charge >= 0.3 is 5.97 Å². The van der Waals surface area contributed by atoms with E-state index in [1.807, 2.05) is 17.0 Å². The van der Waals surface area contributed by atoms with Gasteiger partial charge < -0.3 is 19.5 Å². The van der Waals surface area contributed by atoms with Crippen LogP contribution in [0, 0.1) is 11.7 Å². The Labute approximate surface area is 191 Å². The quantitative estimate of drug-likeness (QED) is 0.625. The van der Waals surface area contributed by atoms with Crippen LogP contribution in [0.2, 0.25) is 0 Å². The van der Waals surface area contributed by atoms with Crippen LogP contribution in [-0.4, -0.2) is 62.5 Å². The Morgan fingerprint density at radius 1 is 1.18 bits per heavy atom. The Morgan fingerprint density at radius 3 is 2.85 bits per heavy atom. The molecule has 1 atom stereocenters. The van der Waals surface area contributed by atoms with E-state index in [2.05, 4.69) is 20.5 Å². The number of likely N-dealkylation sites (tertiary alicyclic amines) is 1. The molecule has 172 valence electrons. The minimum atomic E-state index is -0.757. The van der Waals surface area contributed by atoms with Crippen LogP contribution in [0.4, 0.5) is 4.39 Å². The van der Waals surface area contributed by atoms with E-state index in [-0.39, 0.29) is 17.6 Å². The molecule has 2 aliphatic heterocycles. The zero-order valence-electron chi connectivity index (χ0n) is 18.4. The third-order valence-corrected chi connectivity index (χ3v) is 6.86. The second-order valence-electron chi connectivity index (χ2n) is 8.96. The van der Waals surface area contributed by atoms with Crippen molar-refractivity contribution in [2.24, 2.45) is 5.92 Å². The molecule has 0 saturated carbocycles. The molecule has 1 amide bonds. The molecule has 8 heteroatoms. The third kappa shape index (κ3) is 4.35. The van der Waals surface area contributed by atoms with Gasteiger partial charge in [-0.25, -0.2) is 9.37 Å². The van der Waals surface area contributed by atoms with Gasteiger partial charge in [-0.1, -0.05) is 12.1 Å². The van der Waals surface area contributed by atoms with E-state index in [1.165, 1.54) is 17.7 Å². The molecule has 2 aliphatic rings. The van der Waals surface area contributed by atoms with Gasteiger partial charge in [0.05, 0.1) is 12.5 Å². The molecular weight excluding hydrogens is 423 g/mol. The van der Waals surface area contributed by atoms with Crippen molar-refractivity contribution in [3.8, 4) is 0 Å². The highest BCUT2D eigenvalue weighted by atomic mass is 19.1. The number of benzene rings is 1. The summed E-state index contributed by atoms with van der Waals surface area (Å²) in [5.41, 5.74) is 3.98. The molecular formula is C25H27FN4O3. The van der Waals surface area contributed by atoms with E-state index >= 15 is 0 Å². The van der Waals surface area contributed by atoms with Crippen LogP contribution >= 0.6 is 0 Å². The largest absolute Gasteiger partial charge is 0.481 e. The van der Waals surface area contributed by atoms with Gasteiger partial charge in [0, 0.05) is 49.9 Å². The Bertz CT molecular complexity index is 1210. The van der Waals surface area contributed by atoms with Crippen molar-refractivity contribution >= 4 is 22.9 Å². The standard InChI is InChI=1S/C25H27FN4O3/c26-19-4-1-3-17(13-19)14-30-22-16-29(12-7-20(22)21-5-2-9-27-24(21)30)23(31)8-11-28-10-6-18(15-28)25(32)33/h1-5,9,13,18H,6-8,10-12,14-16H2,(H,32,33). The summed E-state index contributed by atoms with van der Waals surface area (Å²) in [7, 11) is 0. The first-order chi connectivity index (χ1) is 16.0. The fourth-order valence-corrected chi connectivity index (χ4v) is 5.11. The molecule has 0 bridgehead atoms. The van der Waals surface area contributed by atoms with Crippen molar-refractivity contribution in [3.63, 3.8) is 0 Å². The zero-order valence-corrected chi connectivity index (χ0v) is 18.4. The summed E-state index contributed by atoms with van der Waals surface area (Å²) in [6.07, 6.45) is 3.54. The molecule has 1 unspecified atom stereocenters. The highest BCUT2D eigenvalue weighted by Gasteiger charge is 2.30. The van der Waals surface area contributed by atoms with Crippen molar-refractivity contribution in [2.45, 2.75) is 32.4 Å². The zero-order chi connectivity index (χ0) is 22.9. The maximum absolute atomic E-state index is 13.8. The molecule has 1 N–H and O–H groups in total. The summed E-state index contributed by atoms with van der Waals surface area (Å²) < 4.78 is 15.9. The molecule has 7 nitrogen and oxygen atoms in total. The van der Waals surface area contributed by atoms with E-state index < -0.39 is 5.97 Å². The van der Waals surface area contributed by atoms with Gasteiger partial charge in [0.1, 0.15) is 11.5 Å². The van der Waals surface area contributed by atoms with Gasteiger partial charge in [-0.3, -0.25) is 9.59 Å². The fourth-order valence-electron chi connectivity index (χ4n) is 5.11. The van der Waals surface area contributed by atoms with Crippen molar-refractivity contribution in [1.82, 2.24) is 19.4 Å². The van der Waals surface area contributed by atoms with Crippen molar-refractivity contribution in [2.75, 3.05) is 26.2 Å². The molecule has 0 aliphatic carbocycles. The molecule has 1 aromatic carbocycles. The minimum Gasteiger partial charge on any atom is -0.481 e. The summed E-state index contributed by atoms with van der Waals surface area (Å²) in [5, 5.41) is 10.3. The predicted octanol–water partition coefficient (Wildman–Crippen LogP) is 2.91. The second kappa shape index (κ2) is 8.94. The topological polar surface area (TPSA) is 78.7 Å². The van der Waals surface area contributed by atoms with Gasteiger partial charge in [-0.05, 0) is 54.8 Å². The molecule has 2 aromatic heterocycles. The molecule has 0 radical (unpaired) electrons. The number of carboxylic acid groups (broad SMARTS) is 1. The number of rotatable bonds is 6. The van der Waals surface area contributed by atoms with Crippen LogP contribution in [0.3, 0.4) is 0 Å². The summed E-state index contributed by atoms with van der Waals surface area (Å²) in [6.45, 7) is 3.46. The van der Waals surface area contributed by atoms with Crippen LogP contribution < -0.4 is 0 Å². The first-order valence-electron chi connectivity index (χ1n) is 11.4. The number of halogens is 1. The lowest BCUT2D eigenvalue weighted by molar-refractivity contribution is -0.141. The number of carboxylic acids is 1. The first-order valence-corrected chi connectivity index (χ1v) is 11.4. The average molecular weight is 451 g/mol. The van der Waals surface area contributed by atoms with E-state index in [1.54, 1.807) is 12.3 Å². The fraction of sp³-hybridized carbons (Fsp3) is 0.400. The van der Waals surface area contributed by atoms with E-state index in [0.29, 0.717) is 45.6 Å². The lowest BCUT2D eigenvalue weighted by atomic mass is 10.0. The Hall–Kier alpha value is -3.26. The van der Waals surface area contributed by atoms with Crippen LogP contribution in [0.15, 0.2) is 42.6 Å². The van der Waals surface area contributed by atoms with E-state index in [0.717, 1.165) is 35.3 Å². The van der Waals surface area contributed by atoms with Crippen molar-refractivity contribution in [1.29, 1.82) is 0 Å². The van der Waals surface area contributed by atoms with E-state index in [4.69, 9.17) is 0 Å². The Morgan fingerprint density at radius 2 is 2.06 bits per heavy atom. The Kier molecular flexibility index (Phi) is 5.85. The lowest BCUT2D eigenvalue weighted by Crippen LogP contribution is -2.38. The van der Waals surface area contributed by atoms with Crippen molar-refractivity contribution in [3.05, 3.63) is 65.2 Å². The first kappa shape index (κ1) is 21.6. The lowest BCUT2D eigenvalue weighted by Gasteiger charge is -2.29. The molecule has 1 saturated heterocycles. The monoisotopic (exact) mass is 450 g/mol. The molecule has 5 rings (SSSR count). The number of carbonyl (C=O) groups excluding carboxylic acids is 1. The summed E-state index contributed by atoms with van der Waals surface area (Å²) in [5.74, 6) is -1.28. The van der Waals surface area contributed by atoms with Gasteiger partial charge in [0.15, 0.2) is 0 Å². The number of nitrogens with zero attached hydrogens (tertiary/aromatic N) is 4. The summed E-state index contributed by atoms with van der Waals surface area (Å²) in [4.78, 5) is 32.7. The maximum Gasteiger partial charge on any atom is 0.307 e. The number of aliphatic carboxylic acids is 1.